The fourth-order valence-electron chi connectivity index (χ4n) is 6.92. The molecule has 2 N–H and O–H groups in total. The first-order valence-corrected chi connectivity index (χ1v) is 19.0. The molecule has 51 heavy (non-hydrogen) atoms. The Morgan fingerprint density at radius 1 is 1.08 bits per heavy atom. The summed E-state index contributed by atoms with van der Waals surface area (Å²) in [5, 5.41) is 1.92. The first-order valence-electron chi connectivity index (χ1n) is 19.4. The Balaban J connectivity index is 1.30. The number of amides is 4. The normalized spacial score (nSPS) is 32.2. The third-order valence-corrected chi connectivity index (χ3v) is 11.7. The molecule has 0 spiro atoms. The van der Waals surface area contributed by atoms with Crippen molar-refractivity contribution in [3.8, 4) is 0 Å². The largest absolute Gasteiger partial charge is 0.444 e. The van der Waals surface area contributed by atoms with Gasteiger partial charge in [0.2, 0.25) is 21.8 Å². The summed E-state index contributed by atoms with van der Waals surface area (Å²) in [7, 11) is -3.96. The van der Waals surface area contributed by atoms with Crippen LogP contribution in [0.5, 0.6) is 0 Å². The molecule has 13 nitrogen and oxygen atoms in total. The van der Waals surface area contributed by atoms with Crippen LogP contribution in [0, 0.1) is 17.2 Å². The van der Waals surface area contributed by atoms with E-state index >= 15 is 0 Å². The molecule has 3 aliphatic heterocycles. The number of ketones is 1. The van der Waals surface area contributed by atoms with Crippen molar-refractivity contribution in [2.45, 2.75) is 127 Å². The van der Waals surface area contributed by atoms with Gasteiger partial charge in [-0.25, -0.2) is 22.4 Å². The van der Waals surface area contributed by atoms with E-state index in [2.05, 4.69) is 10.0 Å². The molecule has 2 aliphatic carbocycles. The average Bonchev–Trinajstić information content (AvgIpc) is 3.97. The highest BCUT2D eigenvalue weighted by molar-refractivity contribution is 7.90. The molecule has 0 aromatic heterocycles. The van der Waals surface area contributed by atoms with Crippen molar-refractivity contribution >= 4 is 39.8 Å². The highest BCUT2D eigenvalue weighted by Gasteiger charge is 2.61. The second-order valence-electron chi connectivity index (χ2n) is 15.0. The van der Waals surface area contributed by atoms with Crippen LogP contribution in [-0.2, 0) is 46.9 Å². The topological polar surface area (TPSA) is 168 Å². The molecule has 0 bridgehead atoms. The van der Waals surface area contributed by atoms with Crippen LogP contribution in [0.25, 0.3) is 0 Å². The van der Waals surface area contributed by atoms with Crippen LogP contribution < -0.4 is 10.0 Å². The second-order valence-corrected chi connectivity index (χ2v) is 17.0. The molecule has 0 radical (unpaired) electrons. The van der Waals surface area contributed by atoms with Crippen molar-refractivity contribution < 1.29 is 51.7 Å². The first-order chi connectivity index (χ1) is 25.6. The number of allylic oxidation sites excluding steroid dienone is 2. The Kier molecular flexibility index (Phi) is 8.82. The van der Waals surface area contributed by atoms with Gasteiger partial charge in [-0.05, 0) is 76.8 Å². The van der Waals surface area contributed by atoms with Crippen molar-refractivity contribution in [2.75, 3.05) is 6.54 Å². The lowest BCUT2D eigenvalue weighted by Gasteiger charge is -2.30. The Bertz CT molecular complexity index is 1900. The number of fused-ring (bicyclic) bond motifs is 3. The highest BCUT2D eigenvalue weighted by Crippen LogP contribution is 2.57. The van der Waals surface area contributed by atoms with Gasteiger partial charge in [0, 0.05) is 24.9 Å². The van der Waals surface area contributed by atoms with Crippen molar-refractivity contribution in [1.82, 2.24) is 19.8 Å². The number of nitrogens with zero attached hydrogens (tertiary/aromatic N) is 2. The zero-order valence-electron chi connectivity index (χ0n) is 32.9. The summed E-state index contributed by atoms with van der Waals surface area (Å²) in [5.74, 6) is -3.68. The Hall–Kier alpha value is -4.01. The smallest absolute Gasteiger partial charge is 0.410 e. The van der Waals surface area contributed by atoms with Crippen molar-refractivity contribution in [2.24, 2.45) is 11.3 Å². The predicted octanol–water partition coefficient (Wildman–Crippen LogP) is 4.23. The molecule has 3 fully saturated rings. The molecule has 1 aromatic carbocycles. The molecule has 6 rings (SSSR count). The molecular weight excluding hydrogens is 683 g/mol. The third-order valence-electron chi connectivity index (χ3n) is 9.83. The molecule has 5 atom stereocenters. The molecule has 2 saturated carbocycles. The minimum Gasteiger partial charge on any atom is -0.444 e. The van der Waals surface area contributed by atoms with Gasteiger partial charge in [-0.2, -0.15) is 0 Å². The molecule has 0 unspecified atom stereocenters. The SMILES string of the molecule is [2H]C1([2H])c2cccc(F)c2C([2H])([2H])N1C(=O)O[C@@H]1C[C@H]2C(=O)C[C@]3(C(=O)NS(=O)(=O)C4CC4)C[C@@H]3/C=C\CCCCC[C@H](NC(=O)OC(C)(C)C)C(=O)N2C1. The van der Waals surface area contributed by atoms with Gasteiger partial charge in [0.25, 0.3) is 0 Å². The minimum absolute atomic E-state index is 0.140. The second kappa shape index (κ2) is 14.2. The number of rotatable bonds is 5. The van der Waals surface area contributed by atoms with Gasteiger partial charge in [0.1, 0.15) is 23.6 Å². The van der Waals surface area contributed by atoms with Gasteiger partial charge >= 0.3 is 12.2 Å². The molecule has 1 saturated heterocycles. The lowest BCUT2D eigenvalue weighted by Crippen LogP contribution is -2.53. The van der Waals surface area contributed by atoms with Crippen LogP contribution in [-0.4, -0.2) is 83.6 Å². The number of carbonyl (C=O) groups is 5. The third kappa shape index (κ3) is 8.39. The van der Waals surface area contributed by atoms with Gasteiger partial charge in [0.15, 0.2) is 5.78 Å². The standard InChI is InChI=1S/C36H47FN4O9S/c1-35(2,3)50-33(45)38-28-13-8-6-4-5-7-11-23-17-36(23,32(44)39-51(47,48)25-14-15-25)18-30(42)29-16-24(20-41(29)31(28)43)49-34(46)40-19-22-10-9-12-27(37)26(22)21-40/h7,9-12,23-25,28-29H,4-6,8,13-21H2,1-3H3,(H,38,45)(H,39,44)/b11-7-/t23-,24+,28-,29-,36+/m0/s1/i19D2,21D2. The van der Waals surface area contributed by atoms with E-state index < -0.39 is 123 Å². The lowest BCUT2D eigenvalue weighted by atomic mass is 9.91. The van der Waals surface area contributed by atoms with Gasteiger partial charge in [-0.15, -0.1) is 0 Å². The van der Waals surface area contributed by atoms with Crippen LogP contribution in [0.15, 0.2) is 30.4 Å². The van der Waals surface area contributed by atoms with Crippen LogP contribution in [0.3, 0.4) is 0 Å². The molecule has 3 heterocycles. The average molecular weight is 735 g/mol. The quantitative estimate of drug-likeness (QED) is 0.421. The van der Waals surface area contributed by atoms with Crippen molar-refractivity contribution in [3.63, 3.8) is 0 Å². The molecule has 278 valence electrons. The fraction of sp³-hybridized carbons (Fsp3) is 0.639. The number of nitrogens with one attached hydrogen (secondary N) is 2. The maximum absolute atomic E-state index is 14.8. The number of hydrogen-bond acceptors (Lipinski definition) is 9. The van der Waals surface area contributed by atoms with Crippen LogP contribution >= 0.6 is 0 Å². The van der Waals surface area contributed by atoms with Crippen LogP contribution in [0.1, 0.15) is 102 Å². The number of alkyl carbamates (subject to hydrolysis) is 1. The summed E-state index contributed by atoms with van der Waals surface area (Å²) in [6.07, 6.45) is 2.88. The van der Waals surface area contributed by atoms with Crippen molar-refractivity contribution in [3.05, 3.63) is 47.3 Å². The van der Waals surface area contributed by atoms with E-state index in [-0.39, 0.29) is 24.2 Å². The Morgan fingerprint density at radius 2 is 1.84 bits per heavy atom. The monoisotopic (exact) mass is 734 g/mol. The van der Waals surface area contributed by atoms with E-state index in [4.69, 9.17) is 15.0 Å². The maximum Gasteiger partial charge on any atom is 0.410 e. The summed E-state index contributed by atoms with van der Waals surface area (Å²) in [6.45, 7) is -1.29. The Morgan fingerprint density at radius 3 is 2.55 bits per heavy atom. The number of hydrogen-bond donors (Lipinski definition) is 2. The molecule has 5 aliphatic rings. The summed E-state index contributed by atoms with van der Waals surface area (Å²) in [6, 6.07) is 0.765. The zero-order valence-corrected chi connectivity index (χ0v) is 29.7. The van der Waals surface area contributed by atoms with Gasteiger partial charge in [0.05, 0.1) is 35.2 Å². The number of sulfonamides is 1. The predicted molar refractivity (Wildman–Crippen MR) is 182 cm³/mol. The fourth-order valence-corrected chi connectivity index (χ4v) is 8.30. The van der Waals surface area contributed by atoms with Crippen LogP contribution in [0.2, 0.25) is 0 Å². The van der Waals surface area contributed by atoms with E-state index in [1.165, 1.54) is 6.07 Å². The minimum atomic E-state index is -3.96. The highest BCUT2D eigenvalue weighted by atomic mass is 32.2. The summed E-state index contributed by atoms with van der Waals surface area (Å²) >= 11 is 0. The van der Waals surface area contributed by atoms with E-state index in [1.54, 1.807) is 20.8 Å². The number of Topliss-reactive ketones (excluding diaryl/α,β-unsaturated/α-hetero) is 1. The number of ether oxygens (including phenoxy) is 2. The van der Waals surface area contributed by atoms with E-state index in [0.29, 0.717) is 38.5 Å². The molecule has 4 amide bonds. The Labute approximate surface area is 303 Å². The summed E-state index contributed by atoms with van der Waals surface area (Å²) < 4.78 is 87.9. The molecule has 1 aromatic rings. The molecule has 15 heteroatoms. The number of halogens is 1. The number of carbonyl (C=O) groups excluding carboxylic acids is 5. The summed E-state index contributed by atoms with van der Waals surface area (Å²) in [4.78, 5) is 70.3. The maximum atomic E-state index is 14.8. The number of benzene rings is 1. The van der Waals surface area contributed by atoms with E-state index in [1.807, 2.05) is 12.2 Å². The zero-order chi connectivity index (χ0) is 40.3. The van der Waals surface area contributed by atoms with E-state index in [0.717, 1.165) is 17.0 Å². The lowest BCUT2D eigenvalue weighted by molar-refractivity contribution is -0.140. The first kappa shape index (κ1) is 31.7. The van der Waals surface area contributed by atoms with Crippen molar-refractivity contribution in [1.29, 1.82) is 0 Å². The van der Waals surface area contributed by atoms with Gasteiger partial charge in [-0.3, -0.25) is 24.0 Å². The van der Waals surface area contributed by atoms with E-state index in [9.17, 15) is 36.8 Å². The van der Waals surface area contributed by atoms with Gasteiger partial charge in [-0.1, -0.05) is 37.1 Å². The van der Waals surface area contributed by atoms with Crippen LogP contribution in [0.4, 0.5) is 14.0 Å². The molecular formula is C36H47FN4O9S. The van der Waals surface area contributed by atoms with Gasteiger partial charge < -0.3 is 19.7 Å². The summed E-state index contributed by atoms with van der Waals surface area (Å²) in [5.41, 5.74) is -3.40.